The predicted octanol–water partition coefficient (Wildman–Crippen LogP) is 0.925. The number of phenolic OH excluding ortho intramolecular Hbond substituents is 1. The average molecular weight is 306 g/mol. The van der Waals surface area contributed by atoms with Gasteiger partial charge in [-0.1, -0.05) is 6.07 Å². The second-order valence-corrected chi connectivity index (χ2v) is 5.61. The average Bonchev–Trinajstić information content (AvgIpc) is 2.85. The Labute approximate surface area is 130 Å². The van der Waals surface area contributed by atoms with E-state index in [1.54, 1.807) is 31.1 Å². The molecule has 1 aromatic carbocycles. The number of aromatic hydroxyl groups is 1. The number of benzene rings is 1. The van der Waals surface area contributed by atoms with Gasteiger partial charge in [-0.3, -0.25) is 9.59 Å². The molecule has 1 atom stereocenters. The number of aryl methyl sites for hydroxylation is 1. The summed E-state index contributed by atoms with van der Waals surface area (Å²) < 4.78 is 4.98. The van der Waals surface area contributed by atoms with Crippen LogP contribution in [0.4, 0.5) is 0 Å². The van der Waals surface area contributed by atoms with Gasteiger partial charge in [-0.2, -0.15) is 0 Å². The zero-order valence-electron chi connectivity index (χ0n) is 13.0. The number of nitrogens with zero attached hydrogens (tertiary/aromatic N) is 1. The number of amides is 2. The quantitative estimate of drug-likeness (QED) is 0.819. The molecule has 1 aromatic rings. The van der Waals surface area contributed by atoms with Crippen LogP contribution in [0, 0.1) is 12.8 Å². The van der Waals surface area contributed by atoms with Crippen molar-refractivity contribution in [3.05, 3.63) is 29.3 Å². The summed E-state index contributed by atoms with van der Waals surface area (Å²) in [4.78, 5) is 25.6. The first-order valence-corrected chi connectivity index (χ1v) is 7.35. The molecule has 0 spiro atoms. The summed E-state index contributed by atoms with van der Waals surface area (Å²) in [5.41, 5.74) is 1.15. The fourth-order valence-corrected chi connectivity index (χ4v) is 2.50. The molecule has 1 heterocycles. The van der Waals surface area contributed by atoms with Crippen LogP contribution >= 0.6 is 0 Å². The summed E-state index contributed by atoms with van der Waals surface area (Å²) in [6, 6.07) is 4.83. The maximum absolute atomic E-state index is 12.1. The number of rotatable bonds is 6. The SMILES string of the molecule is COCCN1C[C@@H](CNC(=O)c2ccc(C)c(O)c2)CC1=O. The summed E-state index contributed by atoms with van der Waals surface area (Å²) in [7, 11) is 1.61. The molecule has 2 rings (SSSR count). The molecule has 0 saturated carbocycles. The van der Waals surface area contributed by atoms with Crippen molar-refractivity contribution >= 4 is 11.8 Å². The van der Waals surface area contributed by atoms with E-state index in [4.69, 9.17) is 4.74 Å². The number of phenols is 1. The minimum absolute atomic E-state index is 0.101. The van der Waals surface area contributed by atoms with Gasteiger partial charge in [0, 0.05) is 44.6 Å². The normalized spacial score (nSPS) is 17.8. The third-order valence-electron chi connectivity index (χ3n) is 3.88. The molecule has 6 heteroatoms. The number of likely N-dealkylation sites (tertiary alicyclic amines) is 1. The van der Waals surface area contributed by atoms with E-state index in [1.807, 2.05) is 0 Å². The van der Waals surface area contributed by atoms with Gasteiger partial charge in [-0.15, -0.1) is 0 Å². The molecule has 0 aliphatic carbocycles. The highest BCUT2D eigenvalue weighted by molar-refractivity contribution is 5.94. The van der Waals surface area contributed by atoms with E-state index in [0.29, 0.717) is 38.2 Å². The molecular formula is C16H22N2O4. The maximum Gasteiger partial charge on any atom is 0.251 e. The maximum atomic E-state index is 12.1. The Morgan fingerprint density at radius 1 is 1.50 bits per heavy atom. The topological polar surface area (TPSA) is 78.9 Å². The first-order valence-electron chi connectivity index (χ1n) is 7.35. The van der Waals surface area contributed by atoms with E-state index in [1.165, 1.54) is 6.07 Å². The number of ether oxygens (including phenoxy) is 1. The fourth-order valence-electron chi connectivity index (χ4n) is 2.50. The second-order valence-electron chi connectivity index (χ2n) is 5.61. The molecule has 0 bridgehead atoms. The molecule has 1 aliphatic rings. The molecule has 1 fully saturated rings. The van der Waals surface area contributed by atoms with Crippen molar-refractivity contribution in [3.63, 3.8) is 0 Å². The number of methoxy groups -OCH3 is 1. The Balaban J connectivity index is 1.84. The van der Waals surface area contributed by atoms with Crippen LogP contribution in [0.25, 0.3) is 0 Å². The van der Waals surface area contributed by atoms with Gasteiger partial charge in [0.15, 0.2) is 0 Å². The van der Waals surface area contributed by atoms with Crippen LogP contribution in [-0.2, 0) is 9.53 Å². The Morgan fingerprint density at radius 2 is 2.27 bits per heavy atom. The summed E-state index contributed by atoms with van der Waals surface area (Å²) in [5, 5.41) is 12.5. The molecule has 1 aliphatic heterocycles. The standard InChI is InChI=1S/C16H22N2O4/c1-11-3-4-13(8-14(11)19)16(21)17-9-12-7-15(20)18(10-12)5-6-22-2/h3-4,8,12,19H,5-7,9-10H2,1-2H3,(H,17,21)/t12-/m1/s1. The predicted molar refractivity (Wildman–Crippen MR) is 81.7 cm³/mol. The van der Waals surface area contributed by atoms with Crippen LogP contribution < -0.4 is 5.32 Å². The highest BCUT2D eigenvalue weighted by Gasteiger charge is 2.29. The van der Waals surface area contributed by atoms with Gasteiger partial charge in [0.2, 0.25) is 5.91 Å². The summed E-state index contributed by atoms with van der Waals surface area (Å²) in [6.45, 7) is 3.97. The van der Waals surface area contributed by atoms with Crippen molar-refractivity contribution in [1.29, 1.82) is 0 Å². The van der Waals surface area contributed by atoms with Crippen molar-refractivity contribution in [3.8, 4) is 5.75 Å². The summed E-state index contributed by atoms with van der Waals surface area (Å²) >= 11 is 0. The van der Waals surface area contributed by atoms with Crippen LogP contribution in [0.3, 0.4) is 0 Å². The lowest BCUT2D eigenvalue weighted by atomic mass is 10.1. The van der Waals surface area contributed by atoms with E-state index in [2.05, 4.69) is 5.32 Å². The zero-order chi connectivity index (χ0) is 16.1. The Bertz CT molecular complexity index is 559. The van der Waals surface area contributed by atoms with Crippen molar-refractivity contribution in [2.45, 2.75) is 13.3 Å². The highest BCUT2D eigenvalue weighted by Crippen LogP contribution is 2.19. The molecule has 22 heavy (non-hydrogen) atoms. The van der Waals surface area contributed by atoms with Crippen LogP contribution in [0.5, 0.6) is 5.75 Å². The van der Waals surface area contributed by atoms with Gasteiger partial charge < -0.3 is 20.1 Å². The Hall–Kier alpha value is -2.08. The third-order valence-corrected chi connectivity index (χ3v) is 3.88. The first kappa shape index (κ1) is 16.3. The van der Waals surface area contributed by atoms with Crippen molar-refractivity contribution in [2.75, 3.05) is 33.4 Å². The lowest BCUT2D eigenvalue weighted by molar-refractivity contribution is -0.128. The van der Waals surface area contributed by atoms with Crippen molar-refractivity contribution in [1.82, 2.24) is 10.2 Å². The van der Waals surface area contributed by atoms with E-state index >= 15 is 0 Å². The highest BCUT2D eigenvalue weighted by atomic mass is 16.5. The minimum Gasteiger partial charge on any atom is -0.508 e. The molecule has 0 unspecified atom stereocenters. The van der Waals surface area contributed by atoms with Gasteiger partial charge >= 0.3 is 0 Å². The van der Waals surface area contributed by atoms with Crippen molar-refractivity contribution < 1.29 is 19.4 Å². The summed E-state index contributed by atoms with van der Waals surface area (Å²) in [5.74, 6) is 0.0872. The Morgan fingerprint density at radius 3 is 2.95 bits per heavy atom. The lowest BCUT2D eigenvalue weighted by Gasteiger charge is -2.16. The van der Waals surface area contributed by atoms with Crippen LogP contribution in [0.2, 0.25) is 0 Å². The Kier molecular flexibility index (Phi) is 5.38. The second kappa shape index (κ2) is 7.26. The monoisotopic (exact) mass is 306 g/mol. The smallest absolute Gasteiger partial charge is 0.251 e. The van der Waals surface area contributed by atoms with Crippen molar-refractivity contribution in [2.24, 2.45) is 5.92 Å². The van der Waals surface area contributed by atoms with Gasteiger partial charge in [0.1, 0.15) is 5.75 Å². The largest absolute Gasteiger partial charge is 0.508 e. The number of hydrogen-bond donors (Lipinski definition) is 2. The van der Waals surface area contributed by atoms with E-state index < -0.39 is 0 Å². The molecule has 0 radical (unpaired) electrons. The molecule has 6 nitrogen and oxygen atoms in total. The van der Waals surface area contributed by atoms with E-state index in [-0.39, 0.29) is 23.5 Å². The van der Waals surface area contributed by atoms with E-state index in [0.717, 1.165) is 5.56 Å². The summed E-state index contributed by atoms with van der Waals surface area (Å²) in [6.07, 6.45) is 0.448. The minimum atomic E-state index is -0.238. The third kappa shape index (κ3) is 3.98. The van der Waals surface area contributed by atoms with Gasteiger partial charge in [0.25, 0.3) is 5.91 Å². The van der Waals surface area contributed by atoms with Gasteiger partial charge in [-0.05, 0) is 24.6 Å². The fraction of sp³-hybridized carbons (Fsp3) is 0.500. The lowest BCUT2D eigenvalue weighted by Crippen LogP contribution is -2.32. The molecule has 2 N–H and O–H groups in total. The zero-order valence-corrected chi connectivity index (χ0v) is 13.0. The molecular weight excluding hydrogens is 284 g/mol. The number of carbonyl (C=O) groups excluding carboxylic acids is 2. The molecule has 120 valence electrons. The van der Waals surface area contributed by atoms with Crippen LogP contribution in [0.1, 0.15) is 22.3 Å². The number of hydrogen-bond acceptors (Lipinski definition) is 4. The molecule has 0 aromatic heterocycles. The molecule has 1 saturated heterocycles. The van der Waals surface area contributed by atoms with Crippen LogP contribution in [0.15, 0.2) is 18.2 Å². The van der Waals surface area contributed by atoms with Crippen LogP contribution in [-0.4, -0.2) is 55.2 Å². The number of carbonyl (C=O) groups is 2. The first-order chi connectivity index (χ1) is 10.5. The van der Waals surface area contributed by atoms with Gasteiger partial charge in [-0.25, -0.2) is 0 Å². The van der Waals surface area contributed by atoms with E-state index in [9.17, 15) is 14.7 Å². The van der Waals surface area contributed by atoms with Gasteiger partial charge in [0.05, 0.1) is 6.61 Å². The molecule has 2 amide bonds. The number of nitrogens with one attached hydrogen (secondary N) is 1.